The van der Waals surface area contributed by atoms with E-state index in [9.17, 15) is 4.79 Å². The molecular weight excluding hydrogens is 316 g/mol. The summed E-state index contributed by atoms with van der Waals surface area (Å²) in [5.41, 5.74) is 6.45. The Balaban J connectivity index is 1.66. The van der Waals surface area contributed by atoms with Crippen LogP contribution in [0, 0.1) is 6.92 Å². The third-order valence-electron chi connectivity index (χ3n) is 3.63. The smallest absolute Gasteiger partial charge is 0.289 e. The summed E-state index contributed by atoms with van der Waals surface area (Å²) < 4.78 is 5.13. The number of carbonyl (C=O) groups is 1. The van der Waals surface area contributed by atoms with Crippen molar-refractivity contribution in [1.82, 2.24) is 15.6 Å². The van der Waals surface area contributed by atoms with Crippen molar-refractivity contribution in [3.63, 3.8) is 0 Å². The largest absolute Gasteiger partial charge is 0.497 e. The second-order valence-corrected chi connectivity index (χ2v) is 5.51. The van der Waals surface area contributed by atoms with Crippen LogP contribution in [0.4, 0.5) is 0 Å². The van der Waals surface area contributed by atoms with Gasteiger partial charge in [0.15, 0.2) is 0 Å². The predicted molar refractivity (Wildman–Crippen MR) is 96.8 cm³/mol. The van der Waals surface area contributed by atoms with Gasteiger partial charge in [0.2, 0.25) is 0 Å². The van der Waals surface area contributed by atoms with E-state index < -0.39 is 0 Å². The van der Waals surface area contributed by atoms with Gasteiger partial charge in [-0.1, -0.05) is 29.8 Å². The van der Waals surface area contributed by atoms with Crippen molar-refractivity contribution >= 4 is 12.1 Å². The van der Waals surface area contributed by atoms with Gasteiger partial charge < -0.3 is 4.74 Å². The molecular formula is C19H18N4O2. The molecule has 0 bridgehead atoms. The minimum atomic E-state index is -0.351. The highest BCUT2D eigenvalue weighted by Gasteiger charge is 2.10. The number of benzene rings is 2. The Kier molecular flexibility index (Phi) is 4.89. The zero-order chi connectivity index (χ0) is 17.6. The van der Waals surface area contributed by atoms with Gasteiger partial charge in [-0.25, -0.2) is 5.43 Å². The molecule has 1 heterocycles. The summed E-state index contributed by atoms with van der Waals surface area (Å²) in [7, 11) is 1.61. The molecule has 0 spiro atoms. The summed E-state index contributed by atoms with van der Waals surface area (Å²) in [5, 5.41) is 10.9. The van der Waals surface area contributed by atoms with Crippen molar-refractivity contribution < 1.29 is 9.53 Å². The van der Waals surface area contributed by atoms with Gasteiger partial charge >= 0.3 is 0 Å². The Hall–Kier alpha value is -3.41. The number of hydrogen-bond donors (Lipinski definition) is 2. The van der Waals surface area contributed by atoms with E-state index in [0.717, 1.165) is 22.4 Å². The van der Waals surface area contributed by atoms with Crippen LogP contribution in [0.15, 0.2) is 59.7 Å². The highest BCUT2D eigenvalue weighted by atomic mass is 16.5. The quantitative estimate of drug-likeness (QED) is 0.556. The molecule has 0 radical (unpaired) electrons. The second kappa shape index (κ2) is 7.44. The number of nitrogens with one attached hydrogen (secondary N) is 2. The Morgan fingerprint density at radius 1 is 1.20 bits per heavy atom. The normalized spacial score (nSPS) is 10.8. The number of ether oxygens (including phenoxy) is 1. The maximum absolute atomic E-state index is 12.1. The summed E-state index contributed by atoms with van der Waals surface area (Å²) in [6, 6.07) is 17.0. The van der Waals surface area contributed by atoms with E-state index in [1.807, 2.05) is 55.5 Å². The van der Waals surface area contributed by atoms with Crippen LogP contribution in [0.1, 0.15) is 21.6 Å². The van der Waals surface area contributed by atoms with E-state index in [1.165, 1.54) is 0 Å². The van der Waals surface area contributed by atoms with Gasteiger partial charge in [0.25, 0.3) is 5.91 Å². The van der Waals surface area contributed by atoms with Crippen LogP contribution >= 0.6 is 0 Å². The van der Waals surface area contributed by atoms with Crippen molar-refractivity contribution in [2.24, 2.45) is 5.10 Å². The van der Waals surface area contributed by atoms with Crippen LogP contribution in [-0.2, 0) is 0 Å². The molecule has 0 aliphatic heterocycles. The lowest BCUT2D eigenvalue weighted by atomic mass is 10.1. The van der Waals surface area contributed by atoms with E-state index in [-0.39, 0.29) is 5.91 Å². The van der Waals surface area contributed by atoms with Crippen molar-refractivity contribution in [3.05, 3.63) is 71.4 Å². The molecule has 0 saturated carbocycles. The fourth-order valence-electron chi connectivity index (χ4n) is 2.32. The summed E-state index contributed by atoms with van der Waals surface area (Å²) in [6.07, 6.45) is 1.60. The summed E-state index contributed by atoms with van der Waals surface area (Å²) in [5.74, 6) is 0.416. The van der Waals surface area contributed by atoms with E-state index in [0.29, 0.717) is 11.4 Å². The average molecular weight is 334 g/mol. The number of aromatic nitrogens is 2. The maximum Gasteiger partial charge on any atom is 0.289 e. The average Bonchev–Trinajstić information content (AvgIpc) is 3.12. The fourth-order valence-corrected chi connectivity index (χ4v) is 2.32. The Bertz CT molecular complexity index is 898. The first-order valence-electron chi connectivity index (χ1n) is 7.75. The number of methoxy groups -OCH3 is 1. The number of amides is 1. The van der Waals surface area contributed by atoms with Crippen LogP contribution in [-0.4, -0.2) is 29.4 Å². The molecule has 25 heavy (non-hydrogen) atoms. The first-order valence-corrected chi connectivity index (χ1v) is 7.75. The van der Waals surface area contributed by atoms with Crippen LogP contribution in [0.3, 0.4) is 0 Å². The van der Waals surface area contributed by atoms with Gasteiger partial charge in [-0.3, -0.25) is 9.89 Å². The Morgan fingerprint density at radius 2 is 2.00 bits per heavy atom. The van der Waals surface area contributed by atoms with E-state index in [2.05, 4.69) is 20.7 Å². The van der Waals surface area contributed by atoms with E-state index >= 15 is 0 Å². The van der Waals surface area contributed by atoms with E-state index in [1.54, 1.807) is 19.4 Å². The zero-order valence-corrected chi connectivity index (χ0v) is 14.0. The lowest BCUT2D eigenvalue weighted by molar-refractivity contribution is 0.0950. The van der Waals surface area contributed by atoms with Crippen LogP contribution in [0.25, 0.3) is 11.3 Å². The number of rotatable bonds is 5. The SMILES string of the molecule is COc1ccc(-c2cc(C(=O)N/N=C\c3cccc(C)c3)[nH]n2)cc1. The number of aryl methyl sites for hydroxylation is 1. The zero-order valence-electron chi connectivity index (χ0n) is 14.0. The molecule has 2 aromatic carbocycles. The lowest BCUT2D eigenvalue weighted by Crippen LogP contribution is -2.18. The second-order valence-electron chi connectivity index (χ2n) is 5.51. The van der Waals surface area contributed by atoms with Crippen LogP contribution in [0.2, 0.25) is 0 Å². The summed E-state index contributed by atoms with van der Waals surface area (Å²) in [6.45, 7) is 2.00. The maximum atomic E-state index is 12.1. The molecule has 1 aromatic heterocycles. The van der Waals surface area contributed by atoms with Crippen molar-refractivity contribution in [1.29, 1.82) is 0 Å². The topological polar surface area (TPSA) is 79.4 Å². The van der Waals surface area contributed by atoms with Gasteiger partial charge in [0.05, 0.1) is 19.0 Å². The molecule has 0 aliphatic carbocycles. The van der Waals surface area contributed by atoms with Crippen LogP contribution < -0.4 is 10.2 Å². The lowest BCUT2D eigenvalue weighted by Gasteiger charge is -2.00. The molecule has 0 fully saturated rings. The Labute approximate surface area is 145 Å². The monoisotopic (exact) mass is 334 g/mol. The van der Waals surface area contributed by atoms with Gasteiger partial charge in [-0.2, -0.15) is 10.2 Å². The minimum Gasteiger partial charge on any atom is -0.497 e. The molecule has 6 nitrogen and oxygen atoms in total. The number of carbonyl (C=O) groups excluding carboxylic acids is 1. The van der Waals surface area contributed by atoms with Gasteiger partial charge in [0.1, 0.15) is 11.4 Å². The summed E-state index contributed by atoms with van der Waals surface area (Å²) in [4.78, 5) is 12.1. The van der Waals surface area contributed by atoms with Crippen molar-refractivity contribution in [3.8, 4) is 17.0 Å². The number of H-pyrrole nitrogens is 1. The number of nitrogens with zero attached hydrogens (tertiary/aromatic N) is 2. The molecule has 126 valence electrons. The molecule has 0 atom stereocenters. The molecule has 2 N–H and O–H groups in total. The molecule has 6 heteroatoms. The Morgan fingerprint density at radius 3 is 2.72 bits per heavy atom. The fraction of sp³-hybridized carbons (Fsp3) is 0.105. The molecule has 3 aromatic rings. The highest BCUT2D eigenvalue weighted by molar-refractivity contribution is 5.94. The molecule has 3 rings (SSSR count). The van der Waals surface area contributed by atoms with Gasteiger partial charge in [-0.05, 0) is 42.8 Å². The predicted octanol–water partition coefficient (Wildman–Crippen LogP) is 3.16. The highest BCUT2D eigenvalue weighted by Crippen LogP contribution is 2.21. The standard InChI is InChI=1S/C19H18N4O2/c1-13-4-3-5-14(10-13)12-20-23-19(24)18-11-17(21-22-18)15-6-8-16(25-2)9-7-15/h3-12H,1-2H3,(H,21,22)(H,23,24)/b20-12-. The number of hydrazone groups is 1. The summed E-state index contributed by atoms with van der Waals surface area (Å²) >= 11 is 0. The molecule has 0 saturated heterocycles. The third kappa shape index (κ3) is 4.11. The number of hydrogen-bond acceptors (Lipinski definition) is 4. The van der Waals surface area contributed by atoms with Crippen molar-refractivity contribution in [2.45, 2.75) is 6.92 Å². The third-order valence-corrected chi connectivity index (χ3v) is 3.63. The molecule has 1 amide bonds. The van der Waals surface area contributed by atoms with Gasteiger partial charge in [-0.15, -0.1) is 0 Å². The van der Waals surface area contributed by atoms with Crippen molar-refractivity contribution in [2.75, 3.05) is 7.11 Å². The van der Waals surface area contributed by atoms with Crippen LogP contribution in [0.5, 0.6) is 5.75 Å². The molecule has 0 aliphatic rings. The number of aromatic amines is 1. The molecule has 0 unspecified atom stereocenters. The first kappa shape index (κ1) is 16.4. The van der Waals surface area contributed by atoms with Gasteiger partial charge in [0, 0.05) is 5.56 Å². The van der Waals surface area contributed by atoms with E-state index in [4.69, 9.17) is 4.74 Å². The first-order chi connectivity index (χ1) is 12.2. The minimum absolute atomic E-state index is 0.340.